The molecule has 0 aliphatic heterocycles. The predicted octanol–water partition coefficient (Wildman–Crippen LogP) is 2.91. The van der Waals surface area contributed by atoms with Crippen LogP contribution in [0.2, 0.25) is 0 Å². The molecule has 0 aromatic heterocycles. The molecule has 0 bridgehead atoms. The van der Waals surface area contributed by atoms with Crippen molar-refractivity contribution < 1.29 is 9.90 Å². The maximum absolute atomic E-state index is 10.9. The van der Waals surface area contributed by atoms with E-state index < -0.39 is 5.97 Å². The van der Waals surface area contributed by atoms with Gasteiger partial charge >= 0.3 is 5.97 Å². The predicted molar refractivity (Wildman–Crippen MR) is 68.1 cm³/mol. The summed E-state index contributed by atoms with van der Waals surface area (Å²) < 4.78 is 0. The van der Waals surface area contributed by atoms with E-state index in [0.717, 1.165) is 31.5 Å². The summed E-state index contributed by atoms with van der Waals surface area (Å²) in [6.45, 7) is 2.96. The number of hydrogen-bond acceptors (Lipinski definition) is 2. The van der Waals surface area contributed by atoms with Gasteiger partial charge in [0.15, 0.2) is 0 Å². The Balaban J connectivity index is 1.84. The van der Waals surface area contributed by atoms with E-state index in [1.807, 2.05) is 12.1 Å². The van der Waals surface area contributed by atoms with E-state index in [1.54, 1.807) is 0 Å². The Morgan fingerprint density at radius 3 is 2.82 bits per heavy atom. The number of carboxylic acids is 1. The molecule has 0 radical (unpaired) electrons. The zero-order chi connectivity index (χ0) is 12.3. The van der Waals surface area contributed by atoms with Crippen LogP contribution in [-0.4, -0.2) is 17.6 Å². The van der Waals surface area contributed by atoms with Crippen LogP contribution in [0.5, 0.6) is 0 Å². The van der Waals surface area contributed by atoms with E-state index >= 15 is 0 Å². The van der Waals surface area contributed by atoms with Crippen LogP contribution in [0.4, 0.5) is 5.69 Å². The molecule has 92 valence electrons. The number of rotatable bonds is 4. The molecule has 0 saturated heterocycles. The van der Waals surface area contributed by atoms with Gasteiger partial charge in [0.2, 0.25) is 0 Å². The molecule has 0 spiro atoms. The van der Waals surface area contributed by atoms with Crippen LogP contribution in [0, 0.1) is 18.8 Å². The fourth-order valence-electron chi connectivity index (χ4n) is 2.51. The van der Waals surface area contributed by atoms with Gasteiger partial charge in [0, 0.05) is 12.2 Å². The summed E-state index contributed by atoms with van der Waals surface area (Å²) in [4.78, 5) is 10.9. The van der Waals surface area contributed by atoms with E-state index in [4.69, 9.17) is 5.11 Å². The molecule has 17 heavy (non-hydrogen) atoms. The molecular formula is C14H19NO2. The minimum Gasteiger partial charge on any atom is -0.481 e. The Hall–Kier alpha value is -1.51. The van der Waals surface area contributed by atoms with Gasteiger partial charge < -0.3 is 10.4 Å². The molecule has 2 unspecified atom stereocenters. The van der Waals surface area contributed by atoms with Crippen molar-refractivity contribution in [3.05, 3.63) is 29.8 Å². The summed E-state index contributed by atoms with van der Waals surface area (Å²) in [7, 11) is 0. The molecule has 1 saturated carbocycles. The molecule has 2 atom stereocenters. The fraction of sp³-hybridized carbons (Fsp3) is 0.500. The van der Waals surface area contributed by atoms with Gasteiger partial charge in [-0.3, -0.25) is 4.79 Å². The lowest BCUT2D eigenvalue weighted by atomic mass is 10.0. The Morgan fingerprint density at radius 1 is 1.41 bits per heavy atom. The van der Waals surface area contributed by atoms with Gasteiger partial charge in [0.1, 0.15) is 0 Å². The van der Waals surface area contributed by atoms with Gasteiger partial charge in [-0.15, -0.1) is 0 Å². The van der Waals surface area contributed by atoms with E-state index in [2.05, 4.69) is 24.4 Å². The highest BCUT2D eigenvalue weighted by molar-refractivity contribution is 5.70. The van der Waals surface area contributed by atoms with Gasteiger partial charge in [-0.1, -0.05) is 18.2 Å². The molecule has 2 N–H and O–H groups in total. The maximum Gasteiger partial charge on any atom is 0.306 e. The Bertz CT molecular complexity index is 403. The van der Waals surface area contributed by atoms with Crippen molar-refractivity contribution in [2.24, 2.45) is 11.8 Å². The molecule has 1 fully saturated rings. The highest BCUT2D eigenvalue weighted by atomic mass is 16.4. The third kappa shape index (κ3) is 2.99. The van der Waals surface area contributed by atoms with Crippen LogP contribution < -0.4 is 5.32 Å². The zero-order valence-electron chi connectivity index (χ0n) is 10.1. The van der Waals surface area contributed by atoms with Crippen molar-refractivity contribution in [3.63, 3.8) is 0 Å². The van der Waals surface area contributed by atoms with Crippen LogP contribution in [0.1, 0.15) is 24.8 Å². The molecule has 0 amide bonds. The maximum atomic E-state index is 10.9. The number of aliphatic carboxylic acids is 1. The van der Waals surface area contributed by atoms with E-state index in [-0.39, 0.29) is 5.92 Å². The number of para-hydroxylation sites is 1. The summed E-state index contributed by atoms with van der Waals surface area (Å²) >= 11 is 0. The first-order valence-corrected chi connectivity index (χ1v) is 6.19. The summed E-state index contributed by atoms with van der Waals surface area (Å²) in [6, 6.07) is 8.19. The standard InChI is InChI=1S/C14H19NO2/c1-10-4-2-3-5-13(10)15-9-11-6-7-12(8-11)14(16)17/h2-5,11-12,15H,6-9H2,1H3,(H,16,17). The largest absolute Gasteiger partial charge is 0.481 e. The lowest BCUT2D eigenvalue weighted by Gasteiger charge is -2.13. The van der Waals surface area contributed by atoms with Crippen molar-refractivity contribution in [1.82, 2.24) is 0 Å². The second kappa shape index (κ2) is 5.21. The van der Waals surface area contributed by atoms with Crippen molar-refractivity contribution in [2.45, 2.75) is 26.2 Å². The van der Waals surface area contributed by atoms with Gasteiger partial charge in [-0.2, -0.15) is 0 Å². The first-order chi connectivity index (χ1) is 8.16. The molecule has 1 aliphatic carbocycles. The topological polar surface area (TPSA) is 49.3 Å². The summed E-state index contributed by atoms with van der Waals surface area (Å²) in [6.07, 6.45) is 2.67. The Labute approximate surface area is 102 Å². The van der Waals surface area contributed by atoms with E-state index in [9.17, 15) is 4.79 Å². The SMILES string of the molecule is Cc1ccccc1NCC1CCC(C(=O)O)C1. The normalized spacial score (nSPS) is 23.6. The molecule has 1 aromatic rings. The number of carboxylic acid groups (broad SMARTS) is 1. The number of anilines is 1. The minimum atomic E-state index is -0.636. The average Bonchev–Trinajstić information content (AvgIpc) is 2.77. The van der Waals surface area contributed by atoms with Crippen molar-refractivity contribution in [3.8, 4) is 0 Å². The average molecular weight is 233 g/mol. The summed E-state index contributed by atoms with van der Waals surface area (Å²) in [5, 5.41) is 12.4. The zero-order valence-corrected chi connectivity index (χ0v) is 10.1. The third-order valence-electron chi connectivity index (χ3n) is 3.62. The molecular weight excluding hydrogens is 214 g/mol. The van der Waals surface area contributed by atoms with Crippen LogP contribution in [0.15, 0.2) is 24.3 Å². The number of carbonyl (C=O) groups is 1. The number of hydrogen-bond donors (Lipinski definition) is 2. The Kier molecular flexibility index (Phi) is 3.67. The Morgan fingerprint density at radius 2 is 2.18 bits per heavy atom. The quantitative estimate of drug-likeness (QED) is 0.840. The first kappa shape index (κ1) is 12.0. The second-order valence-corrected chi connectivity index (χ2v) is 4.91. The lowest BCUT2D eigenvalue weighted by molar-refractivity contribution is -0.141. The van der Waals surface area contributed by atoms with Gasteiger partial charge in [0.25, 0.3) is 0 Å². The molecule has 0 heterocycles. The smallest absolute Gasteiger partial charge is 0.306 e. The summed E-state index contributed by atoms with van der Waals surface area (Å²) in [5.41, 5.74) is 2.39. The number of benzene rings is 1. The molecule has 3 heteroatoms. The highest BCUT2D eigenvalue weighted by Crippen LogP contribution is 2.31. The minimum absolute atomic E-state index is 0.126. The van der Waals surface area contributed by atoms with E-state index in [0.29, 0.717) is 5.92 Å². The second-order valence-electron chi connectivity index (χ2n) is 4.91. The number of nitrogens with one attached hydrogen (secondary N) is 1. The van der Waals surface area contributed by atoms with E-state index in [1.165, 1.54) is 5.56 Å². The number of aryl methyl sites for hydroxylation is 1. The van der Waals surface area contributed by atoms with Crippen LogP contribution in [-0.2, 0) is 4.79 Å². The molecule has 2 rings (SSSR count). The van der Waals surface area contributed by atoms with Crippen LogP contribution in [0.25, 0.3) is 0 Å². The van der Waals surface area contributed by atoms with Crippen molar-refractivity contribution >= 4 is 11.7 Å². The summed E-state index contributed by atoms with van der Waals surface area (Å²) in [5.74, 6) is -0.266. The van der Waals surface area contributed by atoms with Crippen LogP contribution >= 0.6 is 0 Å². The van der Waals surface area contributed by atoms with Gasteiger partial charge in [-0.25, -0.2) is 0 Å². The monoisotopic (exact) mass is 233 g/mol. The van der Waals surface area contributed by atoms with Crippen molar-refractivity contribution in [2.75, 3.05) is 11.9 Å². The third-order valence-corrected chi connectivity index (χ3v) is 3.62. The first-order valence-electron chi connectivity index (χ1n) is 6.19. The molecule has 3 nitrogen and oxygen atoms in total. The molecule has 1 aliphatic rings. The van der Waals surface area contributed by atoms with Gasteiger partial charge in [0.05, 0.1) is 5.92 Å². The van der Waals surface area contributed by atoms with Gasteiger partial charge in [-0.05, 0) is 43.7 Å². The lowest BCUT2D eigenvalue weighted by Crippen LogP contribution is -2.14. The molecule has 1 aromatic carbocycles. The van der Waals surface area contributed by atoms with Crippen molar-refractivity contribution in [1.29, 1.82) is 0 Å². The highest BCUT2D eigenvalue weighted by Gasteiger charge is 2.29. The fourth-order valence-corrected chi connectivity index (χ4v) is 2.51. The van der Waals surface area contributed by atoms with Crippen LogP contribution in [0.3, 0.4) is 0 Å².